The molecule has 1 saturated carbocycles. The predicted octanol–water partition coefficient (Wildman–Crippen LogP) is 0.331. The average molecular weight is 273 g/mol. The minimum absolute atomic E-state index is 0.0304. The number of hydrogen-bond donors (Lipinski definition) is 3. The number of carboxylic acids is 1. The minimum Gasteiger partial charge on any atom is -0.481 e. The van der Waals surface area contributed by atoms with E-state index in [0.29, 0.717) is 25.7 Å². The van der Waals surface area contributed by atoms with Gasteiger partial charge in [-0.2, -0.15) is 0 Å². The summed E-state index contributed by atoms with van der Waals surface area (Å²) < 4.78 is 26.3. The summed E-state index contributed by atoms with van der Waals surface area (Å²) in [6.07, 6.45) is 4.65. The van der Waals surface area contributed by atoms with E-state index >= 15 is 0 Å². The summed E-state index contributed by atoms with van der Waals surface area (Å²) in [7, 11) is -3.57. The molecule has 0 bridgehead atoms. The van der Waals surface area contributed by atoms with Crippen molar-refractivity contribution in [1.82, 2.24) is 14.7 Å². The maximum atomic E-state index is 11.9. The van der Waals surface area contributed by atoms with Crippen LogP contribution in [0.1, 0.15) is 25.7 Å². The number of carboxylic acid groups (broad SMARTS) is 1. The Hall–Kier alpha value is -1.41. The predicted molar refractivity (Wildman–Crippen MR) is 62.3 cm³/mol. The second kappa shape index (κ2) is 5.07. The highest BCUT2D eigenvalue weighted by Gasteiger charge is 2.29. The molecular formula is C10H15N3O4S. The molecule has 1 aliphatic carbocycles. The van der Waals surface area contributed by atoms with Gasteiger partial charge in [0.15, 0.2) is 5.03 Å². The van der Waals surface area contributed by atoms with Crippen molar-refractivity contribution in [3.8, 4) is 0 Å². The third-order valence-electron chi connectivity index (χ3n) is 3.16. The molecule has 0 saturated heterocycles. The Morgan fingerprint density at radius 3 is 2.56 bits per heavy atom. The smallest absolute Gasteiger partial charge is 0.306 e. The summed E-state index contributed by atoms with van der Waals surface area (Å²) in [4.78, 5) is 17.0. The van der Waals surface area contributed by atoms with Gasteiger partial charge in [-0.05, 0) is 25.7 Å². The van der Waals surface area contributed by atoms with Crippen LogP contribution in [-0.2, 0) is 14.8 Å². The van der Waals surface area contributed by atoms with E-state index in [1.165, 1.54) is 12.5 Å². The van der Waals surface area contributed by atoms with E-state index in [1.54, 1.807) is 0 Å². The Kier molecular flexibility index (Phi) is 3.67. The van der Waals surface area contributed by atoms with Crippen molar-refractivity contribution >= 4 is 16.0 Å². The molecule has 0 atom stereocenters. The number of carbonyl (C=O) groups is 1. The number of rotatable bonds is 4. The molecule has 8 heteroatoms. The van der Waals surface area contributed by atoms with Crippen LogP contribution < -0.4 is 4.72 Å². The van der Waals surface area contributed by atoms with Crippen molar-refractivity contribution in [2.75, 3.05) is 0 Å². The zero-order chi connectivity index (χ0) is 13.2. The van der Waals surface area contributed by atoms with Gasteiger partial charge in [0.05, 0.1) is 18.4 Å². The van der Waals surface area contributed by atoms with Gasteiger partial charge in [-0.25, -0.2) is 18.1 Å². The molecule has 0 spiro atoms. The SMILES string of the molecule is O=C(O)C1CCC(NS(=O)(=O)c2cnc[nH]2)CC1. The quantitative estimate of drug-likeness (QED) is 0.732. The van der Waals surface area contributed by atoms with E-state index in [4.69, 9.17) is 5.11 Å². The zero-order valence-corrected chi connectivity index (χ0v) is 10.5. The van der Waals surface area contributed by atoms with Crippen LogP contribution in [0.2, 0.25) is 0 Å². The number of sulfonamides is 1. The summed E-state index contributed by atoms with van der Waals surface area (Å²) in [5.74, 6) is -1.15. The topological polar surface area (TPSA) is 112 Å². The molecule has 7 nitrogen and oxygen atoms in total. The second-order valence-electron chi connectivity index (χ2n) is 4.42. The normalized spacial score (nSPS) is 24.9. The highest BCUT2D eigenvalue weighted by atomic mass is 32.2. The number of hydrogen-bond acceptors (Lipinski definition) is 4. The Labute approximate surface area is 105 Å². The molecule has 100 valence electrons. The fourth-order valence-corrected chi connectivity index (χ4v) is 3.34. The summed E-state index contributed by atoms with van der Waals surface area (Å²) >= 11 is 0. The molecule has 0 amide bonds. The van der Waals surface area contributed by atoms with Crippen LogP contribution in [0.4, 0.5) is 0 Å². The summed E-state index contributed by atoms with van der Waals surface area (Å²) in [5.41, 5.74) is 0. The monoisotopic (exact) mass is 273 g/mol. The largest absolute Gasteiger partial charge is 0.481 e. The van der Waals surface area contributed by atoms with Crippen molar-refractivity contribution in [3.05, 3.63) is 12.5 Å². The highest BCUT2D eigenvalue weighted by Crippen LogP contribution is 2.25. The van der Waals surface area contributed by atoms with Crippen molar-refractivity contribution in [3.63, 3.8) is 0 Å². The van der Waals surface area contributed by atoms with E-state index in [-0.39, 0.29) is 17.0 Å². The van der Waals surface area contributed by atoms with Gasteiger partial charge in [-0.15, -0.1) is 0 Å². The lowest BCUT2D eigenvalue weighted by Crippen LogP contribution is -2.38. The standard InChI is InChI=1S/C10H15N3O4S/c14-10(15)7-1-3-8(4-2-7)13-18(16,17)9-5-11-6-12-9/h5-8,13H,1-4H2,(H,11,12)(H,14,15). The molecule has 18 heavy (non-hydrogen) atoms. The van der Waals surface area contributed by atoms with Crippen LogP contribution in [0.5, 0.6) is 0 Å². The number of nitrogens with one attached hydrogen (secondary N) is 2. The minimum atomic E-state index is -3.57. The van der Waals surface area contributed by atoms with Crippen molar-refractivity contribution in [1.29, 1.82) is 0 Å². The Balaban J connectivity index is 1.94. The lowest BCUT2D eigenvalue weighted by Gasteiger charge is -2.26. The lowest BCUT2D eigenvalue weighted by atomic mass is 9.87. The van der Waals surface area contributed by atoms with Crippen LogP contribution in [0.3, 0.4) is 0 Å². The molecule has 1 heterocycles. The van der Waals surface area contributed by atoms with Crippen LogP contribution in [0, 0.1) is 5.92 Å². The summed E-state index contributed by atoms with van der Waals surface area (Å²) in [5, 5.41) is 8.89. The average Bonchev–Trinajstić information content (AvgIpc) is 2.83. The van der Waals surface area contributed by atoms with Crippen molar-refractivity contribution < 1.29 is 18.3 Å². The van der Waals surface area contributed by atoms with Crippen molar-refractivity contribution in [2.24, 2.45) is 5.92 Å². The number of nitrogens with zero attached hydrogens (tertiary/aromatic N) is 1. The van der Waals surface area contributed by atoms with E-state index in [9.17, 15) is 13.2 Å². The molecule has 1 aromatic rings. The molecule has 0 aliphatic heterocycles. The Bertz CT molecular complexity index is 503. The highest BCUT2D eigenvalue weighted by molar-refractivity contribution is 7.89. The van der Waals surface area contributed by atoms with Crippen LogP contribution >= 0.6 is 0 Å². The first-order valence-corrected chi connectivity index (χ1v) is 7.21. The molecule has 2 rings (SSSR count). The maximum Gasteiger partial charge on any atom is 0.306 e. The number of aromatic nitrogens is 2. The number of aromatic amines is 1. The van der Waals surface area contributed by atoms with Gasteiger partial charge >= 0.3 is 5.97 Å². The van der Waals surface area contributed by atoms with E-state index in [2.05, 4.69) is 14.7 Å². The molecule has 1 aromatic heterocycles. The van der Waals surface area contributed by atoms with Gasteiger partial charge in [0, 0.05) is 6.04 Å². The van der Waals surface area contributed by atoms with Gasteiger partial charge in [0.2, 0.25) is 0 Å². The van der Waals surface area contributed by atoms with Gasteiger partial charge in [-0.3, -0.25) is 4.79 Å². The number of H-pyrrole nitrogens is 1. The van der Waals surface area contributed by atoms with Gasteiger partial charge < -0.3 is 10.1 Å². The van der Waals surface area contributed by atoms with E-state index in [0.717, 1.165) is 0 Å². The third-order valence-corrected chi connectivity index (χ3v) is 4.61. The fourth-order valence-electron chi connectivity index (χ4n) is 2.13. The third kappa shape index (κ3) is 2.88. The lowest BCUT2D eigenvalue weighted by molar-refractivity contribution is -0.142. The Morgan fingerprint density at radius 2 is 2.06 bits per heavy atom. The molecular weight excluding hydrogens is 258 g/mol. The summed E-state index contributed by atoms with van der Waals surface area (Å²) in [6, 6.07) is -0.200. The van der Waals surface area contributed by atoms with Crippen LogP contribution in [0.15, 0.2) is 17.6 Å². The molecule has 0 radical (unpaired) electrons. The number of aliphatic carboxylic acids is 1. The first kappa shape index (κ1) is 13.0. The summed E-state index contributed by atoms with van der Waals surface area (Å²) in [6.45, 7) is 0. The van der Waals surface area contributed by atoms with E-state index < -0.39 is 16.0 Å². The van der Waals surface area contributed by atoms with Crippen molar-refractivity contribution in [2.45, 2.75) is 36.8 Å². The van der Waals surface area contributed by atoms with Crippen LogP contribution in [0.25, 0.3) is 0 Å². The molecule has 3 N–H and O–H groups in total. The maximum absolute atomic E-state index is 11.9. The van der Waals surface area contributed by atoms with E-state index in [1.807, 2.05) is 0 Å². The van der Waals surface area contributed by atoms with Gasteiger partial charge in [-0.1, -0.05) is 0 Å². The second-order valence-corrected chi connectivity index (χ2v) is 6.11. The Morgan fingerprint density at radius 1 is 1.39 bits per heavy atom. The molecule has 1 aliphatic rings. The van der Waals surface area contributed by atoms with Gasteiger partial charge in [0.25, 0.3) is 10.0 Å². The van der Waals surface area contributed by atoms with Crippen LogP contribution in [-0.4, -0.2) is 35.5 Å². The molecule has 1 fully saturated rings. The fraction of sp³-hybridized carbons (Fsp3) is 0.600. The number of imidazole rings is 1. The molecule has 0 aromatic carbocycles. The first-order chi connectivity index (χ1) is 8.49. The molecule has 0 unspecified atom stereocenters. The van der Waals surface area contributed by atoms with Gasteiger partial charge in [0.1, 0.15) is 0 Å². The zero-order valence-electron chi connectivity index (χ0n) is 9.67. The first-order valence-electron chi connectivity index (χ1n) is 5.72.